The molecular weight excluding hydrogens is 319 g/mol. The van der Waals surface area contributed by atoms with E-state index in [0.29, 0.717) is 6.42 Å². The van der Waals surface area contributed by atoms with Crippen LogP contribution in [0.2, 0.25) is 0 Å². The first kappa shape index (κ1) is 15.0. The zero-order valence-electron chi connectivity index (χ0n) is 10.9. The lowest BCUT2D eigenvalue weighted by molar-refractivity contribution is -0.0992. The average molecular weight is 332 g/mol. The Morgan fingerprint density at radius 3 is 3.00 bits per heavy atom. The lowest BCUT2D eigenvalue weighted by Gasteiger charge is -2.27. The normalized spacial score (nSPS) is 41.8. The van der Waals surface area contributed by atoms with Crippen LogP contribution in [-0.4, -0.2) is 43.2 Å². The maximum atomic E-state index is 11.2. The fraction of sp³-hybridized carbons (Fsp3) is 0.636. The van der Waals surface area contributed by atoms with E-state index in [4.69, 9.17) is 21.5 Å². The van der Waals surface area contributed by atoms with Gasteiger partial charge in [0.25, 0.3) is 5.56 Å². The topological polar surface area (TPSA) is 114 Å². The largest absolute Gasteiger partial charge is 0.387 e. The molecule has 8 nitrogen and oxygen atoms in total. The number of ether oxygens (including phenoxy) is 1. The van der Waals surface area contributed by atoms with Gasteiger partial charge in [0, 0.05) is 18.7 Å². The van der Waals surface area contributed by atoms with E-state index in [1.54, 1.807) is 0 Å². The lowest BCUT2D eigenvalue weighted by atomic mass is 9.95. The van der Waals surface area contributed by atoms with Gasteiger partial charge in [0.2, 0.25) is 0 Å². The van der Waals surface area contributed by atoms with E-state index in [2.05, 4.69) is 4.98 Å². The van der Waals surface area contributed by atoms with E-state index < -0.39 is 38.3 Å². The third-order valence-corrected chi connectivity index (χ3v) is 4.66. The van der Waals surface area contributed by atoms with Crippen LogP contribution >= 0.6 is 20.9 Å². The number of aliphatic hydroxyl groups excluding tert-OH is 1. The van der Waals surface area contributed by atoms with E-state index in [9.17, 15) is 19.6 Å². The van der Waals surface area contributed by atoms with Gasteiger partial charge in [-0.3, -0.25) is 18.9 Å². The van der Waals surface area contributed by atoms with Gasteiger partial charge in [0.15, 0.2) is 11.0 Å². The van der Waals surface area contributed by atoms with Crippen molar-refractivity contribution >= 4 is 20.9 Å². The minimum Gasteiger partial charge on any atom is -0.387 e. The third kappa shape index (κ3) is 2.12. The molecule has 1 spiro atoms. The molecule has 2 aliphatic rings. The summed E-state index contributed by atoms with van der Waals surface area (Å²) in [5.41, 5.74) is -3.13. The predicted molar refractivity (Wildman–Crippen MR) is 72.5 cm³/mol. The molecule has 3 rings (SSSR count). The predicted octanol–water partition coefficient (Wildman–Crippen LogP) is 0.281. The summed E-state index contributed by atoms with van der Waals surface area (Å²) >= 11 is 5.05. The Hall–Kier alpha value is -0.960. The highest BCUT2D eigenvalue weighted by Crippen LogP contribution is 2.58. The van der Waals surface area contributed by atoms with Gasteiger partial charge in [-0.25, -0.2) is 4.57 Å². The molecule has 1 saturated carbocycles. The first-order chi connectivity index (χ1) is 9.83. The molecule has 1 aromatic rings. The summed E-state index contributed by atoms with van der Waals surface area (Å²) in [5, 5.41) is 20.9. The van der Waals surface area contributed by atoms with Crippen LogP contribution in [0.3, 0.4) is 0 Å². The SMILES string of the molecule is CC1(O)C(n2ccc(=O)[nH]c2=S)OC2(CC2OP=O)C1O. The molecule has 1 aromatic heterocycles. The van der Waals surface area contributed by atoms with Crippen molar-refractivity contribution in [3.8, 4) is 0 Å². The Labute approximate surface area is 125 Å². The number of nitrogens with one attached hydrogen (secondary N) is 1. The highest BCUT2D eigenvalue weighted by Gasteiger charge is 2.74. The first-order valence-electron chi connectivity index (χ1n) is 6.21. The molecule has 1 aliphatic carbocycles. The lowest BCUT2D eigenvalue weighted by Crippen LogP contribution is -2.45. The van der Waals surface area contributed by atoms with Crippen molar-refractivity contribution in [3.63, 3.8) is 0 Å². The Kier molecular flexibility index (Phi) is 3.40. The van der Waals surface area contributed by atoms with Gasteiger partial charge >= 0.3 is 8.69 Å². The third-order valence-electron chi connectivity index (χ3n) is 4.01. The Morgan fingerprint density at radius 2 is 2.38 bits per heavy atom. The maximum Gasteiger partial charge on any atom is 0.327 e. The Morgan fingerprint density at radius 1 is 1.67 bits per heavy atom. The van der Waals surface area contributed by atoms with Crippen molar-refractivity contribution in [2.45, 2.75) is 43.0 Å². The molecule has 0 radical (unpaired) electrons. The van der Waals surface area contributed by atoms with E-state index >= 15 is 0 Å². The van der Waals surface area contributed by atoms with Crippen LogP contribution < -0.4 is 5.56 Å². The van der Waals surface area contributed by atoms with E-state index in [1.165, 1.54) is 23.8 Å². The molecule has 10 heteroatoms. The number of rotatable bonds is 3. The molecule has 114 valence electrons. The quantitative estimate of drug-likeness (QED) is 0.538. The molecule has 1 aliphatic heterocycles. The molecule has 0 amide bonds. The zero-order chi connectivity index (χ0) is 15.4. The number of aromatic nitrogens is 2. The van der Waals surface area contributed by atoms with Crippen LogP contribution in [-0.2, 0) is 13.8 Å². The van der Waals surface area contributed by atoms with Gasteiger partial charge in [0.05, 0.1) is 0 Å². The van der Waals surface area contributed by atoms with Crippen LogP contribution in [0.25, 0.3) is 0 Å². The molecule has 1 saturated heterocycles. The first-order valence-corrected chi connectivity index (χ1v) is 7.35. The molecular formula is C11H13N2O6PS. The second-order valence-electron chi connectivity index (χ2n) is 5.44. The Bertz CT molecular complexity index is 702. The highest BCUT2D eigenvalue weighted by molar-refractivity contribution is 7.71. The molecule has 3 N–H and O–H groups in total. The summed E-state index contributed by atoms with van der Waals surface area (Å²) in [5.74, 6) is 0. The van der Waals surface area contributed by atoms with Crippen molar-refractivity contribution < 1.29 is 24.0 Å². The fourth-order valence-corrected chi connectivity index (χ4v) is 3.41. The number of hydrogen-bond donors (Lipinski definition) is 3. The van der Waals surface area contributed by atoms with Crippen LogP contribution in [0.5, 0.6) is 0 Å². The average Bonchev–Trinajstić information content (AvgIpc) is 3.05. The molecule has 5 atom stereocenters. The van der Waals surface area contributed by atoms with Crippen LogP contribution in [0.15, 0.2) is 17.1 Å². The van der Waals surface area contributed by atoms with Gasteiger partial charge in [-0.1, -0.05) is 0 Å². The van der Waals surface area contributed by atoms with Gasteiger partial charge in [-0.05, 0) is 19.1 Å². The van der Waals surface area contributed by atoms with E-state index in [1.807, 2.05) is 0 Å². The van der Waals surface area contributed by atoms with Crippen molar-refractivity contribution in [2.24, 2.45) is 0 Å². The molecule has 5 unspecified atom stereocenters. The van der Waals surface area contributed by atoms with Crippen molar-refractivity contribution in [2.75, 3.05) is 0 Å². The minimum absolute atomic E-state index is 0.0668. The number of hydrogen-bond acceptors (Lipinski definition) is 7. The van der Waals surface area contributed by atoms with Crippen molar-refractivity contribution in [3.05, 3.63) is 27.4 Å². The van der Waals surface area contributed by atoms with Gasteiger partial charge in [-0.2, -0.15) is 0 Å². The van der Waals surface area contributed by atoms with Gasteiger partial charge in [0.1, 0.15) is 23.4 Å². The molecule has 0 bridgehead atoms. The summed E-state index contributed by atoms with van der Waals surface area (Å²) < 4.78 is 22.6. The zero-order valence-corrected chi connectivity index (χ0v) is 12.6. The van der Waals surface area contributed by atoms with Crippen molar-refractivity contribution in [1.29, 1.82) is 0 Å². The summed E-state index contributed by atoms with van der Waals surface area (Å²) in [4.78, 5) is 13.6. The fourth-order valence-electron chi connectivity index (χ4n) is 2.79. The standard InChI is InChI=1S/C11H13N2O6PS/c1-10(16)7(15)11(4-5(11)19-20-17)18-8(10)13-3-2-6(14)12-9(13)21/h2-3,5,7-8,15-16H,4H2,1H3,(H,12,14,21). The number of H-pyrrole nitrogens is 1. The molecule has 2 heterocycles. The summed E-state index contributed by atoms with van der Waals surface area (Å²) in [6, 6.07) is 1.24. The summed E-state index contributed by atoms with van der Waals surface area (Å²) in [7, 11) is -0.515. The van der Waals surface area contributed by atoms with Gasteiger partial charge in [-0.15, -0.1) is 0 Å². The molecule has 0 aromatic carbocycles. The number of aliphatic hydroxyl groups is 2. The van der Waals surface area contributed by atoms with Crippen LogP contribution in [0.4, 0.5) is 0 Å². The van der Waals surface area contributed by atoms with Crippen molar-refractivity contribution in [1.82, 2.24) is 9.55 Å². The Balaban J connectivity index is 1.99. The smallest absolute Gasteiger partial charge is 0.327 e. The molecule has 2 fully saturated rings. The maximum absolute atomic E-state index is 11.2. The monoisotopic (exact) mass is 332 g/mol. The number of nitrogens with zero attached hydrogens (tertiary/aromatic N) is 1. The highest BCUT2D eigenvalue weighted by atomic mass is 32.1. The van der Waals surface area contributed by atoms with Gasteiger partial charge < -0.3 is 14.9 Å². The van der Waals surface area contributed by atoms with Crippen LogP contribution in [0.1, 0.15) is 19.6 Å². The van der Waals surface area contributed by atoms with E-state index in [0.717, 1.165) is 0 Å². The minimum atomic E-state index is -1.64. The summed E-state index contributed by atoms with van der Waals surface area (Å²) in [6.45, 7) is 1.41. The second kappa shape index (κ2) is 4.77. The number of aromatic amines is 1. The second-order valence-corrected chi connectivity index (χ2v) is 6.19. The molecule has 21 heavy (non-hydrogen) atoms. The van der Waals surface area contributed by atoms with E-state index in [-0.39, 0.29) is 10.3 Å². The summed E-state index contributed by atoms with van der Waals surface area (Å²) in [6.07, 6.45) is -1.10. The van der Waals surface area contributed by atoms with Crippen LogP contribution in [0, 0.1) is 4.77 Å².